The number of urea groups is 1. The topological polar surface area (TPSA) is 58.1 Å². The Hall–Kier alpha value is -1.95. The molecule has 140 valence electrons. The van der Waals surface area contributed by atoms with Crippen LogP contribution in [0.3, 0.4) is 0 Å². The van der Waals surface area contributed by atoms with Gasteiger partial charge in [-0.3, -0.25) is 4.98 Å². The highest BCUT2D eigenvalue weighted by atomic mass is 32.1. The van der Waals surface area contributed by atoms with Crippen molar-refractivity contribution in [2.24, 2.45) is 0 Å². The number of piperidine rings is 1. The van der Waals surface area contributed by atoms with Gasteiger partial charge >= 0.3 is 6.03 Å². The van der Waals surface area contributed by atoms with Crippen LogP contribution in [0.25, 0.3) is 0 Å². The molecule has 0 aromatic carbocycles. The van der Waals surface area contributed by atoms with Gasteiger partial charge in [-0.15, -0.1) is 11.3 Å². The molecule has 1 aliphatic rings. The van der Waals surface area contributed by atoms with E-state index in [-0.39, 0.29) is 17.5 Å². The number of hydrogen-bond donors (Lipinski definition) is 1. The Labute approximate surface area is 159 Å². The molecule has 1 N–H and O–H groups in total. The lowest BCUT2D eigenvalue weighted by molar-refractivity contribution is 0.178. The van der Waals surface area contributed by atoms with Crippen molar-refractivity contribution >= 4 is 17.4 Å². The predicted molar refractivity (Wildman–Crippen MR) is 106 cm³/mol. The summed E-state index contributed by atoms with van der Waals surface area (Å²) in [5.41, 5.74) is 2.44. The summed E-state index contributed by atoms with van der Waals surface area (Å²) in [7, 11) is 0. The van der Waals surface area contributed by atoms with Crippen LogP contribution >= 0.6 is 11.3 Å². The van der Waals surface area contributed by atoms with E-state index in [1.54, 1.807) is 11.3 Å². The smallest absolute Gasteiger partial charge is 0.317 e. The normalized spacial score (nSPS) is 17.2. The van der Waals surface area contributed by atoms with Crippen LogP contribution in [0.5, 0.6) is 0 Å². The monoisotopic (exact) mass is 372 g/mol. The summed E-state index contributed by atoms with van der Waals surface area (Å²) >= 11 is 1.62. The summed E-state index contributed by atoms with van der Waals surface area (Å²) < 4.78 is 0. The highest BCUT2D eigenvalue weighted by Crippen LogP contribution is 2.29. The van der Waals surface area contributed by atoms with Gasteiger partial charge in [0, 0.05) is 36.3 Å². The fourth-order valence-corrected chi connectivity index (χ4v) is 4.27. The molecule has 5 nitrogen and oxygen atoms in total. The van der Waals surface area contributed by atoms with E-state index in [1.165, 1.54) is 5.56 Å². The van der Waals surface area contributed by atoms with Crippen molar-refractivity contribution in [3.05, 3.63) is 46.2 Å². The Morgan fingerprint density at radius 3 is 2.50 bits per heavy atom. The summed E-state index contributed by atoms with van der Waals surface area (Å²) in [5, 5.41) is 6.17. The zero-order valence-corrected chi connectivity index (χ0v) is 16.8. The Kier molecular flexibility index (Phi) is 5.61. The van der Waals surface area contributed by atoms with E-state index in [0.717, 1.165) is 36.6 Å². The van der Waals surface area contributed by atoms with E-state index in [1.807, 2.05) is 24.2 Å². The average Bonchev–Trinajstić information content (AvgIpc) is 3.13. The molecule has 0 saturated carbocycles. The predicted octanol–water partition coefficient (Wildman–Crippen LogP) is 4.49. The lowest BCUT2D eigenvalue weighted by atomic mass is 9.90. The fraction of sp³-hybridized carbons (Fsp3) is 0.550. The van der Waals surface area contributed by atoms with Crippen LogP contribution in [0.2, 0.25) is 0 Å². The van der Waals surface area contributed by atoms with Crippen LogP contribution in [0, 0.1) is 0 Å². The molecule has 2 amide bonds. The van der Waals surface area contributed by atoms with Crippen LogP contribution in [0.1, 0.15) is 68.8 Å². The lowest BCUT2D eigenvalue weighted by Gasteiger charge is -2.32. The van der Waals surface area contributed by atoms with E-state index < -0.39 is 0 Å². The third-order valence-corrected chi connectivity index (χ3v) is 5.99. The molecule has 1 saturated heterocycles. The van der Waals surface area contributed by atoms with E-state index >= 15 is 0 Å². The van der Waals surface area contributed by atoms with Crippen LogP contribution in [-0.2, 0) is 5.41 Å². The maximum Gasteiger partial charge on any atom is 0.317 e. The van der Waals surface area contributed by atoms with Gasteiger partial charge in [0.2, 0.25) is 0 Å². The number of likely N-dealkylation sites (tertiary alicyclic amines) is 1. The van der Waals surface area contributed by atoms with E-state index in [9.17, 15) is 4.79 Å². The van der Waals surface area contributed by atoms with Crippen molar-refractivity contribution in [2.75, 3.05) is 13.1 Å². The molecule has 0 unspecified atom stereocenters. The van der Waals surface area contributed by atoms with Crippen molar-refractivity contribution in [3.63, 3.8) is 0 Å². The van der Waals surface area contributed by atoms with E-state index in [0.29, 0.717) is 5.92 Å². The maximum atomic E-state index is 12.6. The van der Waals surface area contributed by atoms with Gasteiger partial charge in [0.25, 0.3) is 0 Å². The second-order valence-electron chi connectivity index (χ2n) is 8.03. The molecule has 0 radical (unpaired) electrons. The first-order chi connectivity index (χ1) is 12.3. The number of nitrogens with one attached hydrogen (secondary N) is 1. The van der Waals surface area contributed by atoms with E-state index in [2.05, 4.69) is 48.6 Å². The largest absolute Gasteiger partial charge is 0.329 e. The Morgan fingerprint density at radius 1 is 1.27 bits per heavy atom. The molecular weight excluding hydrogens is 344 g/mol. The van der Waals surface area contributed by atoms with Gasteiger partial charge in [0.15, 0.2) is 0 Å². The number of hydrogen-bond acceptors (Lipinski definition) is 4. The highest BCUT2D eigenvalue weighted by Gasteiger charge is 2.26. The summed E-state index contributed by atoms with van der Waals surface area (Å²) in [6.07, 6.45) is 5.68. The van der Waals surface area contributed by atoms with Crippen molar-refractivity contribution in [2.45, 2.75) is 57.9 Å². The zero-order chi connectivity index (χ0) is 18.7. The Bertz CT molecular complexity index is 730. The van der Waals surface area contributed by atoms with Gasteiger partial charge in [0.1, 0.15) is 5.01 Å². The molecule has 1 atom stereocenters. The van der Waals surface area contributed by atoms with Gasteiger partial charge in [-0.25, -0.2) is 9.78 Å². The van der Waals surface area contributed by atoms with Crippen LogP contribution in [0.4, 0.5) is 4.79 Å². The summed E-state index contributed by atoms with van der Waals surface area (Å²) in [6.45, 7) is 10.0. The zero-order valence-electron chi connectivity index (χ0n) is 16.0. The standard InChI is InChI=1S/C20H28N4OS/c1-14(18-23-17(13-26-18)20(2,3)4)22-19(25)24-11-7-16(8-12-24)15-5-9-21-10-6-15/h5-6,9-10,13-14,16H,7-8,11-12H2,1-4H3,(H,22,25)/t14-/m1/s1. The molecule has 0 aliphatic carbocycles. The Morgan fingerprint density at radius 2 is 1.92 bits per heavy atom. The minimum Gasteiger partial charge on any atom is -0.329 e. The minimum atomic E-state index is -0.0680. The van der Waals surface area contributed by atoms with Crippen molar-refractivity contribution in [1.82, 2.24) is 20.2 Å². The maximum absolute atomic E-state index is 12.6. The molecule has 2 aromatic heterocycles. The molecule has 6 heteroatoms. The number of amides is 2. The van der Waals surface area contributed by atoms with Gasteiger partial charge in [-0.05, 0) is 43.4 Å². The number of carbonyl (C=O) groups excluding carboxylic acids is 1. The quantitative estimate of drug-likeness (QED) is 0.864. The third kappa shape index (κ3) is 4.41. The van der Waals surface area contributed by atoms with Crippen LogP contribution in [0.15, 0.2) is 29.9 Å². The summed E-state index contributed by atoms with van der Waals surface area (Å²) in [6, 6.07) is 4.11. The van der Waals surface area contributed by atoms with Gasteiger partial charge in [-0.1, -0.05) is 20.8 Å². The number of thiazole rings is 1. The molecular formula is C20H28N4OS. The lowest BCUT2D eigenvalue weighted by Crippen LogP contribution is -2.44. The first-order valence-corrected chi connectivity index (χ1v) is 10.1. The number of rotatable bonds is 3. The second kappa shape index (κ2) is 7.74. The van der Waals surface area contributed by atoms with Gasteiger partial charge in [0.05, 0.1) is 11.7 Å². The molecule has 3 rings (SSSR count). The number of carbonyl (C=O) groups is 1. The molecule has 1 aliphatic heterocycles. The molecule has 0 spiro atoms. The third-order valence-electron chi connectivity index (χ3n) is 4.96. The summed E-state index contributed by atoms with van der Waals surface area (Å²) in [4.78, 5) is 23.3. The van der Waals surface area contributed by atoms with Crippen LogP contribution in [-0.4, -0.2) is 34.0 Å². The van der Waals surface area contributed by atoms with Gasteiger partial charge < -0.3 is 10.2 Å². The van der Waals surface area contributed by atoms with E-state index in [4.69, 9.17) is 4.98 Å². The first kappa shape index (κ1) is 18.8. The fourth-order valence-electron chi connectivity index (χ4n) is 3.22. The van der Waals surface area contributed by atoms with Gasteiger partial charge in [-0.2, -0.15) is 0 Å². The highest BCUT2D eigenvalue weighted by molar-refractivity contribution is 7.09. The molecule has 2 aromatic rings. The molecule has 1 fully saturated rings. The minimum absolute atomic E-state index is 0.0122. The van der Waals surface area contributed by atoms with Crippen molar-refractivity contribution in [3.8, 4) is 0 Å². The summed E-state index contributed by atoms with van der Waals surface area (Å²) in [5.74, 6) is 0.521. The Balaban J connectivity index is 1.53. The molecule has 0 bridgehead atoms. The number of aromatic nitrogens is 2. The first-order valence-electron chi connectivity index (χ1n) is 9.26. The van der Waals surface area contributed by atoms with Crippen molar-refractivity contribution < 1.29 is 4.79 Å². The molecule has 26 heavy (non-hydrogen) atoms. The van der Waals surface area contributed by atoms with Crippen molar-refractivity contribution in [1.29, 1.82) is 0 Å². The second-order valence-corrected chi connectivity index (χ2v) is 8.92. The average molecular weight is 373 g/mol. The number of pyridine rings is 1. The SMILES string of the molecule is C[C@@H](NC(=O)N1CCC(c2ccncc2)CC1)c1nc(C(C)(C)C)cs1. The van der Waals surface area contributed by atoms with Crippen LogP contribution < -0.4 is 5.32 Å². The number of nitrogens with zero attached hydrogens (tertiary/aromatic N) is 3. The molecule has 3 heterocycles.